The molecule has 1 aliphatic heterocycles. The second-order valence-electron chi connectivity index (χ2n) is 4.69. The van der Waals surface area contributed by atoms with Gasteiger partial charge in [-0.3, -0.25) is 9.78 Å². The third kappa shape index (κ3) is 2.88. The second-order valence-corrected chi connectivity index (χ2v) is 5.51. The maximum Gasteiger partial charge on any atom is 0.248 e. The van der Waals surface area contributed by atoms with E-state index in [9.17, 15) is 4.79 Å². The number of halogens is 2. The molecule has 8 heteroatoms. The number of rotatable bonds is 2. The van der Waals surface area contributed by atoms with Crippen LogP contribution >= 0.6 is 23.2 Å². The Balaban J connectivity index is 1.93. The number of primary amides is 1. The predicted octanol–water partition coefficient (Wildman–Crippen LogP) is 1.63. The Bertz CT molecular complexity index is 710. The molecule has 1 fully saturated rings. The van der Waals surface area contributed by atoms with Crippen LogP contribution in [0.5, 0.6) is 0 Å². The number of aromatic nitrogens is 2. The van der Waals surface area contributed by atoms with E-state index < -0.39 is 12.0 Å². The number of nitrogens with two attached hydrogens (primary N) is 1. The molecular weight excluding hydrogens is 315 g/mol. The Hall–Kier alpha value is -1.63. The van der Waals surface area contributed by atoms with Gasteiger partial charge in [-0.25, -0.2) is 4.98 Å². The smallest absolute Gasteiger partial charge is 0.248 e. The number of hydrogen-bond donors (Lipinski definition) is 1. The topological polar surface area (TPSA) is 81.3 Å². The van der Waals surface area contributed by atoms with Gasteiger partial charge >= 0.3 is 0 Å². The van der Waals surface area contributed by atoms with Gasteiger partial charge in [0, 0.05) is 6.54 Å². The van der Waals surface area contributed by atoms with Crippen LogP contribution in [0.15, 0.2) is 18.3 Å². The van der Waals surface area contributed by atoms with Crippen molar-refractivity contribution in [3.05, 3.63) is 28.4 Å². The molecule has 1 aromatic carbocycles. The number of carbonyl (C=O) groups is 1. The van der Waals surface area contributed by atoms with Gasteiger partial charge in [0.2, 0.25) is 5.91 Å². The largest absolute Gasteiger partial charge is 0.367 e. The fourth-order valence-corrected chi connectivity index (χ4v) is 2.50. The summed E-state index contributed by atoms with van der Waals surface area (Å²) >= 11 is 11.9. The zero-order valence-corrected chi connectivity index (χ0v) is 12.4. The molecule has 0 aliphatic carbocycles. The molecule has 0 spiro atoms. The fraction of sp³-hybridized carbons (Fsp3) is 0.308. The lowest BCUT2D eigenvalue weighted by atomic mass is 10.2. The van der Waals surface area contributed by atoms with Crippen LogP contribution in [0.4, 0.5) is 5.82 Å². The van der Waals surface area contributed by atoms with Crippen molar-refractivity contribution in [1.82, 2.24) is 9.97 Å². The lowest BCUT2D eigenvalue weighted by Crippen LogP contribution is -2.48. The van der Waals surface area contributed by atoms with E-state index >= 15 is 0 Å². The van der Waals surface area contributed by atoms with Gasteiger partial charge in [-0.05, 0) is 12.1 Å². The summed E-state index contributed by atoms with van der Waals surface area (Å²) in [5.41, 5.74) is 6.58. The Morgan fingerprint density at radius 2 is 2.05 bits per heavy atom. The molecule has 1 aliphatic rings. The Morgan fingerprint density at radius 3 is 2.76 bits per heavy atom. The minimum absolute atomic E-state index is 0.358. The summed E-state index contributed by atoms with van der Waals surface area (Å²) in [6.07, 6.45) is 1.00. The molecule has 1 unspecified atom stereocenters. The SMILES string of the molecule is NC(=O)C1CN(c2cnc3cc(Cl)c(Cl)cc3n2)CCO1. The van der Waals surface area contributed by atoms with Gasteiger partial charge in [-0.1, -0.05) is 23.2 Å². The molecule has 6 nitrogen and oxygen atoms in total. The summed E-state index contributed by atoms with van der Waals surface area (Å²) in [5, 5.41) is 0.860. The van der Waals surface area contributed by atoms with Crippen LogP contribution in [0.1, 0.15) is 0 Å². The van der Waals surface area contributed by atoms with E-state index in [0.717, 1.165) is 0 Å². The van der Waals surface area contributed by atoms with Crippen LogP contribution in [-0.4, -0.2) is 41.7 Å². The predicted molar refractivity (Wildman–Crippen MR) is 80.7 cm³/mol. The van der Waals surface area contributed by atoms with Crippen molar-refractivity contribution < 1.29 is 9.53 Å². The first-order valence-electron chi connectivity index (χ1n) is 6.32. The fourth-order valence-electron chi connectivity index (χ4n) is 2.18. The number of benzene rings is 1. The zero-order valence-electron chi connectivity index (χ0n) is 10.9. The molecule has 2 aromatic rings. The highest BCUT2D eigenvalue weighted by molar-refractivity contribution is 6.42. The highest BCUT2D eigenvalue weighted by atomic mass is 35.5. The van der Waals surface area contributed by atoms with Gasteiger partial charge in [0.15, 0.2) is 6.10 Å². The molecule has 110 valence electrons. The van der Waals surface area contributed by atoms with Crippen molar-refractivity contribution in [3.8, 4) is 0 Å². The number of hydrogen-bond acceptors (Lipinski definition) is 5. The lowest BCUT2D eigenvalue weighted by molar-refractivity contribution is -0.130. The third-order valence-electron chi connectivity index (χ3n) is 3.28. The molecule has 21 heavy (non-hydrogen) atoms. The van der Waals surface area contributed by atoms with Crippen LogP contribution in [0.25, 0.3) is 11.0 Å². The second kappa shape index (κ2) is 5.63. The van der Waals surface area contributed by atoms with E-state index in [-0.39, 0.29) is 0 Å². The highest BCUT2D eigenvalue weighted by Crippen LogP contribution is 2.27. The van der Waals surface area contributed by atoms with Crippen LogP contribution < -0.4 is 10.6 Å². The molecule has 0 radical (unpaired) electrons. The molecular formula is C13H12Cl2N4O2. The van der Waals surface area contributed by atoms with Crippen molar-refractivity contribution in [2.75, 3.05) is 24.6 Å². The molecule has 0 saturated carbocycles. The van der Waals surface area contributed by atoms with E-state index in [1.807, 2.05) is 4.90 Å². The number of anilines is 1. The summed E-state index contributed by atoms with van der Waals surface area (Å²) in [7, 11) is 0. The van der Waals surface area contributed by atoms with Gasteiger partial charge in [-0.2, -0.15) is 0 Å². The average molecular weight is 327 g/mol. The van der Waals surface area contributed by atoms with E-state index in [1.54, 1.807) is 18.3 Å². The molecule has 3 rings (SSSR count). The molecule has 2 heterocycles. The standard InChI is InChI=1S/C13H12Cl2N4O2/c14-7-3-9-10(4-8(7)15)18-12(5-17-9)19-1-2-21-11(6-19)13(16)20/h3-5,11H,1-2,6H2,(H2,16,20). The van der Waals surface area contributed by atoms with E-state index in [2.05, 4.69) is 9.97 Å². The summed E-state index contributed by atoms with van der Waals surface area (Å²) in [5.74, 6) is 0.165. The Morgan fingerprint density at radius 1 is 1.33 bits per heavy atom. The molecule has 1 atom stereocenters. The molecule has 1 amide bonds. The monoisotopic (exact) mass is 326 g/mol. The number of fused-ring (bicyclic) bond motifs is 1. The van der Waals surface area contributed by atoms with Crippen molar-refractivity contribution in [2.24, 2.45) is 5.73 Å². The van der Waals surface area contributed by atoms with E-state index in [0.29, 0.717) is 46.6 Å². The summed E-state index contributed by atoms with van der Waals surface area (Å²) < 4.78 is 5.31. The third-order valence-corrected chi connectivity index (χ3v) is 4.00. The Kier molecular flexibility index (Phi) is 3.84. The van der Waals surface area contributed by atoms with Crippen LogP contribution in [-0.2, 0) is 9.53 Å². The van der Waals surface area contributed by atoms with Gasteiger partial charge in [0.1, 0.15) is 5.82 Å². The van der Waals surface area contributed by atoms with E-state index in [1.165, 1.54) is 0 Å². The number of ether oxygens (including phenoxy) is 1. The first kappa shape index (κ1) is 14.3. The maximum atomic E-state index is 11.2. The van der Waals surface area contributed by atoms with Crippen LogP contribution in [0.2, 0.25) is 10.0 Å². The van der Waals surface area contributed by atoms with Crippen LogP contribution in [0, 0.1) is 0 Å². The summed E-state index contributed by atoms with van der Waals surface area (Å²) in [6, 6.07) is 3.34. The molecule has 0 bridgehead atoms. The van der Waals surface area contributed by atoms with Crippen molar-refractivity contribution in [3.63, 3.8) is 0 Å². The van der Waals surface area contributed by atoms with Crippen molar-refractivity contribution >= 4 is 46.0 Å². The number of carbonyl (C=O) groups excluding carboxylic acids is 1. The Labute approximate surface area is 130 Å². The van der Waals surface area contributed by atoms with Crippen molar-refractivity contribution in [1.29, 1.82) is 0 Å². The van der Waals surface area contributed by atoms with Gasteiger partial charge < -0.3 is 15.4 Å². The first-order chi connectivity index (χ1) is 10.0. The molecule has 1 saturated heterocycles. The van der Waals surface area contributed by atoms with Gasteiger partial charge in [-0.15, -0.1) is 0 Å². The van der Waals surface area contributed by atoms with Crippen molar-refractivity contribution in [2.45, 2.75) is 6.10 Å². The minimum Gasteiger partial charge on any atom is -0.367 e. The average Bonchev–Trinajstić information content (AvgIpc) is 2.48. The van der Waals surface area contributed by atoms with Crippen LogP contribution in [0.3, 0.4) is 0 Å². The summed E-state index contributed by atoms with van der Waals surface area (Å²) in [4.78, 5) is 22.0. The normalized spacial score (nSPS) is 19.0. The zero-order chi connectivity index (χ0) is 15.0. The molecule has 2 N–H and O–H groups in total. The lowest BCUT2D eigenvalue weighted by Gasteiger charge is -2.32. The maximum absolute atomic E-state index is 11.2. The minimum atomic E-state index is -0.634. The van der Waals surface area contributed by atoms with Gasteiger partial charge in [0.05, 0.1) is 40.4 Å². The quantitative estimate of drug-likeness (QED) is 0.907. The number of amides is 1. The highest BCUT2D eigenvalue weighted by Gasteiger charge is 2.25. The first-order valence-corrected chi connectivity index (χ1v) is 7.08. The number of morpholine rings is 1. The van der Waals surface area contributed by atoms with E-state index in [4.69, 9.17) is 33.7 Å². The summed E-state index contributed by atoms with van der Waals surface area (Å²) in [6.45, 7) is 1.39. The number of nitrogens with zero attached hydrogens (tertiary/aromatic N) is 3. The molecule has 1 aromatic heterocycles. The van der Waals surface area contributed by atoms with Gasteiger partial charge in [0.25, 0.3) is 0 Å².